The molecule has 1 saturated heterocycles. The van der Waals surface area contributed by atoms with Crippen LogP contribution in [-0.2, 0) is 9.63 Å². The average Bonchev–Trinajstić information content (AvgIpc) is 3.33. The topological polar surface area (TPSA) is 93.2 Å². The maximum atomic E-state index is 13.0. The molecule has 4 rings (SSSR count). The van der Waals surface area contributed by atoms with E-state index in [1.807, 2.05) is 0 Å². The van der Waals surface area contributed by atoms with Crippen LogP contribution in [0.2, 0.25) is 0 Å². The van der Waals surface area contributed by atoms with Gasteiger partial charge < -0.3 is 14.5 Å². The van der Waals surface area contributed by atoms with E-state index < -0.39 is 36.3 Å². The van der Waals surface area contributed by atoms with Gasteiger partial charge in [0, 0.05) is 6.54 Å². The quantitative estimate of drug-likeness (QED) is 0.677. The smallest absolute Gasteiger partial charge is 0.387 e. The fourth-order valence-electron chi connectivity index (χ4n) is 3.65. The van der Waals surface area contributed by atoms with Gasteiger partial charge in [-0.2, -0.15) is 8.78 Å². The van der Waals surface area contributed by atoms with Crippen molar-refractivity contribution < 1.29 is 37.5 Å². The molecule has 0 spiro atoms. The summed E-state index contributed by atoms with van der Waals surface area (Å²) < 4.78 is 29.7. The number of carbonyl (C=O) groups is 4. The van der Waals surface area contributed by atoms with Crippen molar-refractivity contribution in [2.75, 3.05) is 6.54 Å². The Morgan fingerprint density at radius 3 is 2.23 bits per heavy atom. The first kappa shape index (κ1) is 20.5. The van der Waals surface area contributed by atoms with Crippen LogP contribution in [0.15, 0.2) is 48.5 Å². The molecule has 2 aromatic rings. The Labute approximate surface area is 174 Å². The number of halogens is 2. The van der Waals surface area contributed by atoms with Gasteiger partial charge in [-0.05, 0) is 37.1 Å². The Hall–Kier alpha value is -3.82. The van der Waals surface area contributed by atoms with Crippen molar-refractivity contribution in [3.63, 3.8) is 0 Å². The molecule has 0 N–H and O–H groups in total. The van der Waals surface area contributed by atoms with E-state index in [4.69, 9.17) is 4.84 Å². The minimum absolute atomic E-state index is 0.109. The van der Waals surface area contributed by atoms with E-state index in [0.717, 1.165) is 4.90 Å². The van der Waals surface area contributed by atoms with Crippen LogP contribution in [0.5, 0.6) is 5.75 Å². The largest absolute Gasteiger partial charge is 0.434 e. The summed E-state index contributed by atoms with van der Waals surface area (Å²) in [6.45, 7) is -2.95. The minimum Gasteiger partial charge on any atom is -0.434 e. The first-order valence-electron chi connectivity index (χ1n) is 9.43. The molecule has 0 bridgehead atoms. The van der Waals surface area contributed by atoms with Gasteiger partial charge in [0.05, 0.1) is 16.7 Å². The number of fused-ring (bicyclic) bond motifs is 1. The van der Waals surface area contributed by atoms with Gasteiger partial charge in [0.25, 0.3) is 17.7 Å². The lowest BCUT2D eigenvalue weighted by Gasteiger charge is -2.25. The molecule has 2 heterocycles. The monoisotopic (exact) mass is 430 g/mol. The first-order chi connectivity index (χ1) is 14.9. The molecule has 0 aliphatic carbocycles. The fraction of sp³-hybridized carbons (Fsp3) is 0.238. The van der Waals surface area contributed by atoms with Gasteiger partial charge in [-0.3, -0.25) is 14.4 Å². The van der Waals surface area contributed by atoms with Crippen molar-refractivity contribution >= 4 is 23.7 Å². The number of hydrogen-bond acceptors (Lipinski definition) is 6. The molecule has 2 aliphatic heterocycles. The molecule has 160 valence electrons. The highest BCUT2D eigenvalue weighted by atomic mass is 19.3. The second kappa shape index (κ2) is 8.13. The molecule has 2 aromatic carbocycles. The van der Waals surface area contributed by atoms with Gasteiger partial charge in [-0.25, -0.2) is 4.79 Å². The highest BCUT2D eigenvalue weighted by molar-refractivity contribution is 6.21. The molecular formula is C21H16F2N2O6. The molecule has 0 aromatic heterocycles. The summed E-state index contributed by atoms with van der Waals surface area (Å²) in [5, 5.41) is 0.377. The molecule has 1 unspecified atom stereocenters. The molecular weight excluding hydrogens is 414 g/mol. The number of hydroxylamine groups is 2. The van der Waals surface area contributed by atoms with Crippen LogP contribution < -0.4 is 4.74 Å². The summed E-state index contributed by atoms with van der Waals surface area (Å²) >= 11 is 0. The first-order valence-corrected chi connectivity index (χ1v) is 9.43. The molecule has 31 heavy (non-hydrogen) atoms. The van der Waals surface area contributed by atoms with Crippen LogP contribution in [-0.4, -0.2) is 52.9 Å². The number of para-hydroxylation sites is 1. The number of ether oxygens (including phenoxy) is 1. The molecule has 3 amide bonds. The summed E-state index contributed by atoms with van der Waals surface area (Å²) in [5.41, 5.74) is 0.0821. The number of hydrogen-bond donors (Lipinski definition) is 0. The SMILES string of the molecule is O=C(ON1C(=O)c2ccccc2C1=O)C1CCCN1C(=O)c1ccccc1OC(F)F. The van der Waals surface area contributed by atoms with Crippen molar-refractivity contribution in [1.29, 1.82) is 0 Å². The Morgan fingerprint density at radius 1 is 0.968 bits per heavy atom. The van der Waals surface area contributed by atoms with Gasteiger partial charge >= 0.3 is 12.6 Å². The van der Waals surface area contributed by atoms with E-state index in [1.165, 1.54) is 36.4 Å². The summed E-state index contributed by atoms with van der Waals surface area (Å²) in [7, 11) is 0. The third kappa shape index (κ3) is 3.72. The summed E-state index contributed by atoms with van der Waals surface area (Å²) in [5.74, 6) is -3.53. The van der Waals surface area contributed by atoms with E-state index in [0.29, 0.717) is 11.5 Å². The fourth-order valence-corrected chi connectivity index (χ4v) is 3.65. The van der Waals surface area contributed by atoms with E-state index in [2.05, 4.69) is 4.74 Å². The van der Waals surface area contributed by atoms with E-state index >= 15 is 0 Å². The third-order valence-electron chi connectivity index (χ3n) is 5.06. The van der Waals surface area contributed by atoms with E-state index in [1.54, 1.807) is 12.1 Å². The minimum atomic E-state index is -3.12. The molecule has 8 nitrogen and oxygen atoms in total. The Kier molecular flexibility index (Phi) is 5.37. The number of imide groups is 1. The maximum absolute atomic E-state index is 13.0. The van der Waals surface area contributed by atoms with Gasteiger partial charge in [0.1, 0.15) is 11.8 Å². The standard InChI is InChI=1S/C21H16F2N2O6/c22-21(23)30-16-10-4-3-8-14(16)17(26)24-11-5-9-15(24)20(29)31-25-18(27)12-6-1-2-7-13(12)19(25)28/h1-4,6-8,10,15,21H,5,9,11H2. The van der Waals surface area contributed by atoms with Gasteiger partial charge in [0.15, 0.2) is 0 Å². The van der Waals surface area contributed by atoms with Crippen LogP contribution >= 0.6 is 0 Å². The van der Waals surface area contributed by atoms with Crippen molar-refractivity contribution in [3.8, 4) is 5.75 Å². The molecule has 1 atom stereocenters. The summed E-state index contributed by atoms with van der Waals surface area (Å²) in [4.78, 5) is 56.7. The number of likely N-dealkylation sites (tertiary alicyclic amines) is 1. The second-order valence-electron chi connectivity index (χ2n) is 6.89. The van der Waals surface area contributed by atoms with Crippen molar-refractivity contribution in [1.82, 2.24) is 9.96 Å². The number of carbonyl (C=O) groups excluding carboxylic acids is 4. The lowest BCUT2D eigenvalue weighted by molar-refractivity contribution is -0.173. The van der Waals surface area contributed by atoms with Crippen LogP contribution in [0, 0.1) is 0 Å². The van der Waals surface area contributed by atoms with Crippen LogP contribution in [0.3, 0.4) is 0 Å². The molecule has 0 saturated carbocycles. The zero-order valence-corrected chi connectivity index (χ0v) is 16.0. The maximum Gasteiger partial charge on any atom is 0.387 e. The van der Waals surface area contributed by atoms with Gasteiger partial charge in [0.2, 0.25) is 0 Å². The Morgan fingerprint density at radius 2 is 1.58 bits per heavy atom. The number of nitrogens with zero attached hydrogens (tertiary/aromatic N) is 2. The molecule has 2 aliphatic rings. The van der Waals surface area contributed by atoms with Crippen LogP contribution in [0.4, 0.5) is 8.78 Å². The zero-order valence-electron chi connectivity index (χ0n) is 16.0. The molecule has 1 fully saturated rings. The number of benzene rings is 2. The van der Waals surface area contributed by atoms with Crippen molar-refractivity contribution in [3.05, 3.63) is 65.2 Å². The van der Waals surface area contributed by atoms with E-state index in [9.17, 15) is 28.0 Å². The average molecular weight is 430 g/mol. The number of amides is 3. The summed E-state index contributed by atoms with van der Waals surface area (Å²) in [6.07, 6.45) is 0.678. The number of rotatable bonds is 5. The van der Waals surface area contributed by atoms with Crippen molar-refractivity contribution in [2.24, 2.45) is 0 Å². The third-order valence-corrected chi connectivity index (χ3v) is 5.06. The predicted octanol–water partition coefficient (Wildman–Crippen LogP) is 2.65. The second-order valence-corrected chi connectivity index (χ2v) is 6.89. The van der Waals surface area contributed by atoms with Crippen molar-refractivity contribution in [2.45, 2.75) is 25.5 Å². The highest BCUT2D eigenvalue weighted by Crippen LogP contribution is 2.28. The Bertz CT molecular complexity index is 1040. The number of alkyl halides is 2. The predicted molar refractivity (Wildman–Crippen MR) is 100 cm³/mol. The Balaban J connectivity index is 1.52. The molecule has 10 heteroatoms. The summed E-state index contributed by atoms with van der Waals surface area (Å²) in [6, 6.07) is 10.4. The lowest BCUT2D eigenvalue weighted by atomic mass is 10.1. The molecule has 0 radical (unpaired) electrons. The lowest BCUT2D eigenvalue weighted by Crippen LogP contribution is -2.45. The van der Waals surface area contributed by atoms with Gasteiger partial charge in [-0.15, -0.1) is 0 Å². The van der Waals surface area contributed by atoms with Crippen LogP contribution in [0.25, 0.3) is 0 Å². The van der Waals surface area contributed by atoms with Gasteiger partial charge in [-0.1, -0.05) is 29.3 Å². The highest BCUT2D eigenvalue weighted by Gasteiger charge is 2.43. The van der Waals surface area contributed by atoms with E-state index in [-0.39, 0.29) is 35.4 Å². The normalized spacial score (nSPS) is 17.8. The zero-order chi connectivity index (χ0) is 22.1. The van der Waals surface area contributed by atoms with Crippen LogP contribution in [0.1, 0.15) is 43.9 Å².